The molecule has 0 radical (unpaired) electrons. The summed E-state index contributed by atoms with van der Waals surface area (Å²) in [6, 6.07) is 9.87. The maximum absolute atomic E-state index is 12.4. The van der Waals surface area contributed by atoms with E-state index in [1.54, 1.807) is 0 Å². The summed E-state index contributed by atoms with van der Waals surface area (Å²) in [7, 11) is 0. The highest BCUT2D eigenvalue weighted by Crippen LogP contribution is 2.32. The summed E-state index contributed by atoms with van der Waals surface area (Å²) in [5.41, 5.74) is 0.447. The molecule has 22 heavy (non-hydrogen) atoms. The molecule has 2 aromatic rings. The van der Waals surface area contributed by atoms with Gasteiger partial charge >= 0.3 is 5.97 Å². The number of fused-ring (bicyclic) bond motifs is 1. The predicted molar refractivity (Wildman–Crippen MR) is 83.5 cm³/mol. The van der Waals surface area contributed by atoms with Crippen molar-refractivity contribution in [1.82, 2.24) is 9.88 Å². The summed E-state index contributed by atoms with van der Waals surface area (Å²) in [6.45, 7) is 0.217. The summed E-state index contributed by atoms with van der Waals surface area (Å²) in [6.07, 6.45) is 5.34. The molecule has 1 aromatic carbocycles. The Kier molecular flexibility index (Phi) is 3.88. The van der Waals surface area contributed by atoms with Gasteiger partial charge in [0.15, 0.2) is 0 Å². The number of hydrogen-bond donors (Lipinski definition) is 2. The Bertz CT molecular complexity index is 699. The largest absolute Gasteiger partial charge is 0.481 e. The average molecular weight is 300 g/mol. The summed E-state index contributed by atoms with van der Waals surface area (Å²) >= 11 is 0. The van der Waals surface area contributed by atoms with Gasteiger partial charge in [-0.25, -0.2) is 0 Å². The van der Waals surface area contributed by atoms with Crippen molar-refractivity contribution in [2.24, 2.45) is 0 Å². The van der Waals surface area contributed by atoms with Gasteiger partial charge < -0.3 is 15.0 Å². The average Bonchev–Trinajstić information content (AvgIpc) is 3.06. The first-order valence-electron chi connectivity index (χ1n) is 7.65. The molecule has 1 aliphatic rings. The number of carboxylic acids is 1. The zero-order chi connectivity index (χ0) is 15.6. The number of aromatic nitrogens is 1. The van der Waals surface area contributed by atoms with Crippen LogP contribution in [0, 0.1) is 0 Å². The van der Waals surface area contributed by atoms with Gasteiger partial charge in [-0.3, -0.25) is 9.59 Å². The molecule has 1 aromatic heterocycles. The van der Waals surface area contributed by atoms with Crippen LogP contribution < -0.4 is 5.32 Å². The van der Waals surface area contributed by atoms with Crippen molar-refractivity contribution in [1.29, 1.82) is 0 Å². The number of para-hydroxylation sites is 1. The van der Waals surface area contributed by atoms with E-state index in [0.29, 0.717) is 0 Å². The molecule has 5 heteroatoms. The molecule has 5 nitrogen and oxygen atoms in total. The van der Waals surface area contributed by atoms with E-state index in [2.05, 4.69) is 5.32 Å². The zero-order valence-electron chi connectivity index (χ0n) is 12.4. The van der Waals surface area contributed by atoms with Crippen LogP contribution in [0.15, 0.2) is 36.5 Å². The van der Waals surface area contributed by atoms with Gasteiger partial charge in [-0.15, -0.1) is 0 Å². The Hall–Kier alpha value is -2.30. The second-order valence-electron chi connectivity index (χ2n) is 6.11. The number of amides is 1. The quantitative estimate of drug-likeness (QED) is 0.891. The van der Waals surface area contributed by atoms with Crippen molar-refractivity contribution in [2.75, 3.05) is 0 Å². The Morgan fingerprint density at radius 3 is 2.64 bits per heavy atom. The molecule has 116 valence electrons. The van der Waals surface area contributed by atoms with Crippen LogP contribution in [-0.2, 0) is 16.1 Å². The molecule has 1 fully saturated rings. The van der Waals surface area contributed by atoms with Crippen molar-refractivity contribution in [3.05, 3.63) is 36.5 Å². The van der Waals surface area contributed by atoms with Crippen LogP contribution in [0.25, 0.3) is 10.9 Å². The number of nitrogens with one attached hydrogen (secondary N) is 1. The number of nitrogens with zero attached hydrogens (tertiary/aromatic N) is 1. The van der Waals surface area contributed by atoms with Gasteiger partial charge in [0.2, 0.25) is 5.91 Å². The smallest absolute Gasteiger partial charge is 0.305 e. The third-order valence-corrected chi connectivity index (χ3v) is 4.45. The number of rotatable bonds is 5. The van der Waals surface area contributed by atoms with Crippen LogP contribution in [0.1, 0.15) is 32.1 Å². The Balaban J connectivity index is 1.72. The Morgan fingerprint density at radius 1 is 1.18 bits per heavy atom. The summed E-state index contributed by atoms with van der Waals surface area (Å²) in [5.74, 6) is -0.974. The van der Waals surface area contributed by atoms with E-state index in [1.807, 2.05) is 41.1 Å². The molecule has 0 bridgehead atoms. The fourth-order valence-electron chi connectivity index (χ4n) is 3.46. The van der Waals surface area contributed by atoms with Gasteiger partial charge in [-0.05, 0) is 30.4 Å². The third kappa shape index (κ3) is 2.98. The molecule has 0 aliphatic heterocycles. The van der Waals surface area contributed by atoms with Crippen LogP contribution in [0.2, 0.25) is 0 Å². The third-order valence-electron chi connectivity index (χ3n) is 4.45. The fraction of sp³-hybridized carbons (Fsp3) is 0.412. The molecular weight excluding hydrogens is 280 g/mol. The molecule has 2 N–H and O–H groups in total. The standard InChI is InChI=1S/C17H20N2O3/c20-15(18-17(11-16(21)22)8-3-4-9-17)12-19-10-7-13-5-1-2-6-14(13)19/h1-2,5-7,10H,3-4,8-9,11-12H2,(H,18,20)(H,21,22). The van der Waals surface area contributed by atoms with E-state index in [4.69, 9.17) is 5.11 Å². The van der Waals surface area contributed by atoms with Gasteiger partial charge in [0.1, 0.15) is 6.54 Å². The predicted octanol–water partition coefficient (Wildman–Crippen LogP) is 2.54. The van der Waals surface area contributed by atoms with E-state index in [0.717, 1.165) is 36.6 Å². The number of carbonyl (C=O) groups excluding carboxylic acids is 1. The fourth-order valence-corrected chi connectivity index (χ4v) is 3.46. The molecule has 0 saturated heterocycles. The summed E-state index contributed by atoms with van der Waals surface area (Å²) in [4.78, 5) is 23.4. The minimum absolute atomic E-state index is 0.00513. The first kappa shape index (κ1) is 14.6. The summed E-state index contributed by atoms with van der Waals surface area (Å²) < 4.78 is 1.90. The second kappa shape index (κ2) is 5.83. The SMILES string of the molecule is O=C(O)CC1(NC(=O)Cn2ccc3ccccc32)CCCC1. The van der Waals surface area contributed by atoms with Crippen molar-refractivity contribution in [3.8, 4) is 0 Å². The van der Waals surface area contributed by atoms with Gasteiger partial charge in [0.05, 0.1) is 12.0 Å². The van der Waals surface area contributed by atoms with Crippen LogP contribution in [0.4, 0.5) is 0 Å². The summed E-state index contributed by atoms with van der Waals surface area (Å²) in [5, 5.41) is 13.2. The van der Waals surface area contributed by atoms with E-state index in [-0.39, 0.29) is 18.9 Å². The number of carboxylic acid groups (broad SMARTS) is 1. The maximum atomic E-state index is 12.4. The number of carbonyl (C=O) groups is 2. The van der Waals surface area contributed by atoms with Gasteiger partial charge in [0.25, 0.3) is 0 Å². The van der Waals surface area contributed by atoms with Crippen molar-refractivity contribution in [2.45, 2.75) is 44.2 Å². The topological polar surface area (TPSA) is 71.3 Å². The minimum atomic E-state index is -0.853. The van der Waals surface area contributed by atoms with Gasteiger partial charge in [0, 0.05) is 11.7 Å². The van der Waals surface area contributed by atoms with Crippen molar-refractivity contribution >= 4 is 22.8 Å². The lowest BCUT2D eigenvalue weighted by Gasteiger charge is -2.28. The highest BCUT2D eigenvalue weighted by atomic mass is 16.4. The number of benzene rings is 1. The zero-order valence-corrected chi connectivity index (χ0v) is 12.4. The van der Waals surface area contributed by atoms with Crippen molar-refractivity contribution < 1.29 is 14.7 Å². The molecule has 0 atom stereocenters. The molecule has 0 unspecified atom stereocenters. The van der Waals surface area contributed by atoms with Crippen LogP contribution >= 0.6 is 0 Å². The molecular formula is C17H20N2O3. The van der Waals surface area contributed by atoms with Gasteiger partial charge in [-0.1, -0.05) is 31.0 Å². The molecule has 1 amide bonds. The molecule has 1 aliphatic carbocycles. The second-order valence-corrected chi connectivity index (χ2v) is 6.11. The molecule has 3 rings (SSSR count). The number of hydrogen-bond acceptors (Lipinski definition) is 2. The monoisotopic (exact) mass is 300 g/mol. The highest BCUT2D eigenvalue weighted by molar-refractivity contribution is 5.84. The van der Waals surface area contributed by atoms with Crippen LogP contribution in [-0.4, -0.2) is 27.1 Å². The molecule has 0 spiro atoms. The normalized spacial score (nSPS) is 16.7. The first-order valence-corrected chi connectivity index (χ1v) is 7.65. The lowest BCUT2D eigenvalue weighted by Crippen LogP contribution is -2.48. The maximum Gasteiger partial charge on any atom is 0.305 e. The molecule has 1 heterocycles. The minimum Gasteiger partial charge on any atom is -0.481 e. The van der Waals surface area contributed by atoms with Crippen LogP contribution in [0.5, 0.6) is 0 Å². The van der Waals surface area contributed by atoms with E-state index in [9.17, 15) is 9.59 Å². The van der Waals surface area contributed by atoms with E-state index < -0.39 is 11.5 Å². The van der Waals surface area contributed by atoms with E-state index in [1.165, 1.54) is 0 Å². The molecule has 1 saturated carbocycles. The van der Waals surface area contributed by atoms with Crippen LogP contribution in [0.3, 0.4) is 0 Å². The lowest BCUT2D eigenvalue weighted by molar-refractivity contribution is -0.139. The Morgan fingerprint density at radius 2 is 1.91 bits per heavy atom. The van der Waals surface area contributed by atoms with E-state index >= 15 is 0 Å². The Labute approximate surface area is 128 Å². The van der Waals surface area contributed by atoms with Crippen molar-refractivity contribution in [3.63, 3.8) is 0 Å². The number of aliphatic carboxylic acids is 1. The lowest BCUT2D eigenvalue weighted by atomic mass is 9.93. The highest BCUT2D eigenvalue weighted by Gasteiger charge is 2.37. The first-order chi connectivity index (χ1) is 10.6. The van der Waals surface area contributed by atoms with Gasteiger partial charge in [-0.2, -0.15) is 0 Å².